The third kappa shape index (κ3) is 5.32. The van der Waals surface area contributed by atoms with Gasteiger partial charge in [0.15, 0.2) is 11.0 Å². The minimum absolute atomic E-state index is 0.0321. The molecule has 0 aliphatic carbocycles. The van der Waals surface area contributed by atoms with Crippen LogP contribution in [0.15, 0.2) is 75.2 Å². The molecule has 4 rings (SSSR count). The molecule has 1 amide bonds. The van der Waals surface area contributed by atoms with Crippen molar-refractivity contribution in [3.8, 4) is 0 Å². The monoisotopic (exact) mass is 618 g/mol. The largest absolute Gasteiger partial charge is 0.435 e. The van der Waals surface area contributed by atoms with Crippen molar-refractivity contribution in [2.75, 3.05) is 0 Å². The maximum atomic E-state index is 14.2. The predicted octanol–water partition coefficient (Wildman–Crippen LogP) is 7.10. The summed E-state index contributed by atoms with van der Waals surface area (Å²) in [5.41, 5.74) is -1.98. The summed E-state index contributed by atoms with van der Waals surface area (Å²) in [6.07, 6.45) is -5.44. The number of aryl methyl sites for hydroxylation is 1. The van der Waals surface area contributed by atoms with Crippen LogP contribution in [0.5, 0.6) is 0 Å². The number of oxime groups is 1. The van der Waals surface area contributed by atoms with E-state index in [1.165, 1.54) is 24.3 Å². The number of nitrogens with zero attached hydrogens (tertiary/aromatic N) is 1. The molecule has 1 aliphatic rings. The Morgan fingerprint density at radius 2 is 1.81 bits per heavy atom. The van der Waals surface area contributed by atoms with Gasteiger partial charge in [-0.2, -0.15) is 13.2 Å². The van der Waals surface area contributed by atoms with E-state index in [2.05, 4.69) is 25.8 Å². The maximum absolute atomic E-state index is 14.2. The summed E-state index contributed by atoms with van der Waals surface area (Å²) in [5.74, 6) is -0.597. The normalized spacial score (nSPS) is 18.4. The minimum Gasteiger partial charge on any atom is -0.374 e. The van der Waals surface area contributed by atoms with Gasteiger partial charge in [0.25, 0.3) is 11.5 Å². The second-order valence-electron chi connectivity index (χ2n) is 7.98. The zero-order valence-electron chi connectivity index (χ0n) is 18.3. The molecular weight excluding hydrogens is 604 g/mol. The Morgan fingerprint density at radius 3 is 2.42 bits per heavy atom. The first kappa shape index (κ1) is 26.7. The van der Waals surface area contributed by atoms with Gasteiger partial charge in [-0.15, -0.1) is 0 Å². The Balaban J connectivity index is 1.57. The van der Waals surface area contributed by atoms with Gasteiger partial charge in [-0.25, -0.2) is 4.21 Å². The fourth-order valence-corrected chi connectivity index (χ4v) is 5.63. The number of nitrogens with one attached hydrogen (secondary N) is 1. The summed E-state index contributed by atoms with van der Waals surface area (Å²) in [4.78, 5) is 18.1. The van der Waals surface area contributed by atoms with Crippen LogP contribution in [0.4, 0.5) is 13.2 Å². The number of hydrogen-bond donors (Lipinski definition) is 1. The second-order valence-corrected chi connectivity index (χ2v) is 11.0. The van der Waals surface area contributed by atoms with Crippen molar-refractivity contribution < 1.29 is 27.0 Å². The van der Waals surface area contributed by atoms with E-state index >= 15 is 0 Å². The standard InChI is InChI=1S/C24H16BrCl2F3N2O3S/c1-13-7-14(5-6-20(13)22(33)32-36(34)19-4-2-3-16(25)10-19)21-12-23(35-31-21,24(28,29)30)15-8-17(26)11-18(27)9-15/h2-11H,12H2,1H3,(H,32,33). The predicted molar refractivity (Wildman–Crippen MR) is 136 cm³/mol. The van der Waals surface area contributed by atoms with Crippen molar-refractivity contribution in [2.45, 2.75) is 30.0 Å². The lowest BCUT2D eigenvalue weighted by Gasteiger charge is -2.29. The van der Waals surface area contributed by atoms with E-state index in [4.69, 9.17) is 28.0 Å². The number of hydrogen-bond acceptors (Lipinski definition) is 4. The Hall–Kier alpha value is -2.40. The highest BCUT2D eigenvalue weighted by molar-refractivity contribution is 9.10. The lowest BCUT2D eigenvalue weighted by Crippen LogP contribution is -2.42. The molecule has 12 heteroatoms. The summed E-state index contributed by atoms with van der Waals surface area (Å²) in [7, 11) is -1.81. The molecule has 2 unspecified atom stereocenters. The van der Waals surface area contributed by atoms with Crippen LogP contribution in [-0.2, 0) is 21.4 Å². The van der Waals surface area contributed by atoms with Gasteiger partial charge in [-0.1, -0.05) is 56.4 Å². The lowest BCUT2D eigenvalue weighted by atomic mass is 9.86. The smallest absolute Gasteiger partial charge is 0.374 e. The average molecular weight is 620 g/mol. The fourth-order valence-electron chi connectivity index (χ4n) is 3.72. The van der Waals surface area contributed by atoms with Crippen LogP contribution in [0.3, 0.4) is 0 Å². The van der Waals surface area contributed by atoms with Crippen LogP contribution >= 0.6 is 39.1 Å². The molecule has 0 bridgehead atoms. The van der Waals surface area contributed by atoms with E-state index in [0.717, 1.165) is 12.1 Å². The summed E-state index contributed by atoms with van der Waals surface area (Å²) in [6.45, 7) is 1.62. The van der Waals surface area contributed by atoms with Crippen molar-refractivity contribution in [1.82, 2.24) is 4.72 Å². The highest BCUT2D eigenvalue weighted by Gasteiger charge is 2.62. The summed E-state index contributed by atoms with van der Waals surface area (Å²) in [6, 6.07) is 14.7. The number of benzene rings is 3. The number of halogens is 6. The fraction of sp³-hybridized carbons (Fsp3) is 0.167. The zero-order chi connectivity index (χ0) is 26.3. The van der Waals surface area contributed by atoms with Crippen molar-refractivity contribution in [1.29, 1.82) is 0 Å². The maximum Gasteiger partial charge on any atom is 0.435 e. The number of carbonyl (C=O) groups is 1. The quantitative estimate of drug-likeness (QED) is 0.331. The molecule has 0 saturated carbocycles. The number of carbonyl (C=O) groups excluding carboxylic acids is 1. The molecule has 0 fully saturated rings. The zero-order valence-corrected chi connectivity index (χ0v) is 22.2. The Bertz CT molecular complexity index is 1400. The molecule has 0 spiro atoms. The molecule has 0 radical (unpaired) electrons. The van der Waals surface area contributed by atoms with Crippen molar-refractivity contribution >= 4 is 61.7 Å². The third-order valence-corrected chi connectivity index (χ3v) is 7.50. The molecular formula is C24H16BrCl2F3N2O3S. The summed E-state index contributed by atoms with van der Waals surface area (Å²) in [5, 5.41) is 3.79. The van der Waals surface area contributed by atoms with Crippen LogP contribution in [0, 0.1) is 6.92 Å². The van der Waals surface area contributed by atoms with Gasteiger partial charge in [0.05, 0.1) is 10.6 Å². The summed E-state index contributed by atoms with van der Waals surface area (Å²) < 4.78 is 58.3. The molecule has 36 heavy (non-hydrogen) atoms. The average Bonchev–Trinajstić information content (AvgIpc) is 3.25. The molecule has 2 atom stereocenters. The van der Waals surface area contributed by atoms with Gasteiger partial charge in [-0.3, -0.25) is 9.52 Å². The molecule has 188 valence electrons. The van der Waals surface area contributed by atoms with Crippen molar-refractivity contribution in [3.63, 3.8) is 0 Å². The Kier molecular flexibility index (Phi) is 7.52. The van der Waals surface area contributed by atoms with E-state index in [0.29, 0.717) is 20.5 Å². The van der Waals surface area contributed by atoms with Crippen LogP contribution < -0.4 is 4.72 Å². The highest BCUT2D eigenvalue weighted by Crippen LogP contribution is 2.49. The minimum atomic E-state index is -4.82. The Labute approximate surface area is 225 Å². The number of rotatable bonds is 5. The van der Waals surface area contributed by atoms with E-state index in [1.54, 1.807) is 31.2 Å². The summed E-state index contributed by atoms with van der Waals surface area (Å²) >= 11 is 15.2. The van der Waals surface area contributed by atoms with Crippen molar-refractivity contribution in [3.05, 3.63) is 97.4 Å². The van der Waals surface area contributed by atoms with Gasteiger partial charge in [0.2, 0.25) is 0 Å². The van der Waals surface area contributed by atoms with Crippen molar-refractivity contribution in [2.24, 2.45) is 5.16 Å². The van der Waals surface area contributed by atoms with Crippen LogP contribution in [-0.4, -0.2) is 22.0 Å². The van der Waals surface area contributed by atoms with Crippen LogP contribution in [0.2, 0.25) is 10.0 Å². The molecule has 3 aromatic carbocycles. The van der Waals surface area contributed by atoms with Crippen LogP contribution in [0.1, 0.15) is 33.5 Å². The van der Waals surface area contributed by atoms with E-state index in [1.807, 2.05) is 0 Å². The number of alkyl halides is 3. The van der Waals surface area contributed by atoms with Gasteiger partial charge >= 0.3 is 6.18 Å². The molecule has 5 nitrogen and oxygen atoms in total. The molecule has 0 aromatic heterocycles. The van der Waals surface area contributed by atoms with Gasteiger partial charge in [0.1, 0.15) is 0 Å². The Morgan fingerprint density at radius 1 is 1.11 bits per heavy atom. The second kappa shape index (κ2) is 10.2. The van der Waals surface area contributed by atoms with Gasteiger partial charge in [0, 0.05) is 32.1 Å². The lowest BCUT2D eigenvalue weighted by molar-refractivity contribution is -0.275. The van der Waals surface area contributed by atoms with E-state index < -0.39 is 35.1 Å². The first-order chi connectivity index (χ1) is 16.9. The molecule has 0 saturated heterocycles. The molecule has 1 heterocycles. The third-order valence-electron chi connectivity index (χ3n) is 5.51. The van der Waals surface area contributed by atoms with Gasteiger partial charge < -0.3 is 4.84 Å². The first-order valence-corrected chi connectivity index (χ1v) is 13.0. The van der Waals surface area contributed by atoms with E-state index in [-0.39, 0.29) is 26.9 Å². The van der Waals surface area contributed by atoms with Gasteiger partial charge in [-0.05, 0) is 66.6 Å². The molecule has 1 N–H and O–H groups in total. The molecule has 3 aromatic rings. The topological polar surface area (TPSA) is 67.8 Å². The molecule has 1 aliphatic heterocycles. The van der Waals surface area contributed by atoms with Crippen LogP contribution in [0.25, 0.3) is 0 Å². The first-order valence-electron chi connectivity index (χ1n) is 10.3. The number of amides is 1. The SMILES string of the molecule is Cc1cc(C2=NOC(c3cc(Cl)cc(Cl)c3)(C(F)(F)F)C2)ccc1C(=O)NS(=O)c1cccc(Br)c1. The highest BCUT2D eigenvalue weighted by atomic mass is 79.9. The van der Waals surface area contributed by atoms with E-state index in [9.17, 15) is 22.2 Å².